The van der Waals surface area contributed by atoms with Crippen LogP contribution >= 0.6 is 0 Å². The zero-order valence-electron chi connectivity index (χ0n) is 11.0. The fourth-order valence-corrected chi connectivity index (χ4v) is 1.97. The summed E-state index contributed by atoms with van der Waals surface area (Å²) in [7, 11) is 1.75. The predicted molar refractivity (Wildman–Crippen MR) is 66.0 cm³/mol. The molecule has 0 aliphatic heterocycles. The Morgan fingerprint density at radius 2 is 1.87 bits per heavy atom. The number of methoxy groups -OCH3 is 1. The van der Waals surface area contributed by atoms with Gasteiger partial charge in [0.25, 0.3) is 0 Å². The molecule has 0 saturated carbocycles. The molecule has 0 radical (unpaired) electrons. The Morgan fingerprint density at radius 3 is 2.20 bits per heavy atom. The summed E-state index contributed by atoms with van der Waals surface area (Å²) in [6.45, 7) is 11.4. The molecule has 3 heteroatoms. The van der Waals surface area contributed by atoms with Crippen LogP contribution in [0.15, 0.2) is 0 Å². The minimum atomic E-state index is 0.477. The molecular weight excluding hydrogens is 188 g/mol. The van der Waals surface area contributed by atoms with Gasteiger partial charge >= 0.3 is 0 Å². The van der Waals surface area contributed by atoms with Gasteiger partial charge in [0.05, 0.1) is 6.61 Å². The van der Waals surface area contributed by atoms with Crippen molar-refractivity contribution in [2.75, 3.05) is 26.8 Å². The molecule has 0 heterocycles. The van der Waals surface area contributed by atoms with Gasteiger partial charge in [-0.05, 0) is 19.8 Å². The van der Waals surface area contributed by atoms with Gasteiger partial charge in [-0.15, -0.1) is 0 Å². The summed E-state index contributed by atoms with van der Waals surface area (Å²) in [6, 6.07) is 1.01. The molecule has 0 rings (SSSR count). The lowest BCUT2D eigenvalue weighted by Crippen LogP contribution is -2.49. The molecule has 15 heavy (non-hydrogen) atoms. The molecule has 0 aromatic carbocycles. The first-order valence-corrected chi connectivity index (χ1v) is 6.03. The van der Waals surface area contributed by atoms with Crippen molar-refractivity contribution in [2.45, 2.75) is 46.2 Å². The van der Waals surface area contributed by atoms with E-state index in [-0.39, 0.29) is 0 Å². The first-order chi connectivity index (χ1) is 7.08. The van der Waals surface area contributed by atoms with Crippen LogP contribution in [-0.4, -0.2) is 43.8 Å². The van der Waals surface area contributed by atoms with E-state index in [9.17, 15) is 0 Å². The second kappa shape index (κ2) is 8.08. The minimum Gasteiger partial charge on any atom is -0.383 e. The number of hydrogen-bond acceptors (Lipinski definition) is 3. The largest absolute Gasteiger partial charge is 0.383 e. The van der Waals surface area contributed by atoms with Gasteiger partial charge in [0.1, 0.15) is 0 Å². The fourth-order valence-electron chi connectivity index (χ4n) is 1.97. The summed E-state index contributed by atoms with van der Waals surface area (Å²) in [6.07, 6.45) is 1.18. The molecule has 2 unspecified atom stereocenters. The highest BCUT2D eigenvalue weighted by molar-refractivity contribution is 4.79. The maximum absolute atomic E-state index is 5.88. The number of nitrogens with zero attached hydrogens (tertiary/aromatic N) is 1. The Bertz CT molecular complexity index is 151. The van der Waals surface area contributed by atoms with Crippen LogP contribution < -0.4 is 5.73 Å². The van der Waals surface area contributed by atoms with E-state index in [2.05, 4.69) is 32.6 Å². The minimum absolute atomic E-state index is 0.477. The van der Waals surface area contributed by atoms with E-state index >= 15 is 0 Å². The van der Waals surface area contributed by atoms with E-state index in [1.165, 1.54) is 6.42 Å². The lowest BCUT2D eigenvalue weighted by molar-refractivity contribution is 0.0747. The van der Waals surface area contributed by atoms with Gasteiger partial charge in [-0.2, -0.15) is 0 Å². The lowest BCUT2D eigenvalue weighted by atomic mass is 9.96. The molecule has 0 aliphatic carbocycles. The van der Waals surface area contributed by atoms with Crippen molar-refractivity contribution < 1.29 is 4.74 Å². The normalized spacial score (nSPS) is 16.0. The highest BCUT2D eigenvalue weighted by Gasteiger charge is 2.23. The van der Waals surface area contributed by atoms with Gasteiger partial charge in [-0.25, -0.2) is 0 Å². The van der Waals surface area contributed by atoms with Gasteiger partial charge < -0.3 is 10.5 Å². The van der Waals surface area contributed by atoms with Gasteiger partial charge in [-0.1, -0.05) is 20.3 Å². The van der Waals surface area contributed by atoms with Crippen LogP contribution in [0.5, 0.6) is 0 Å². The fraction of sp³-hybridized carbons (Fsp3) is 1.00. The molecule has 0 aromatic heterocycles. The van der Waals surface area contributed by atoms with E-state index in [1.807, 2.05) is 0 Å². The van der Waals surface area contributed by atoms with Crippen molar-refractivity contribution in [3.05, 3.63) is 0 Å². The van der Waals surface area contributed by atoms with E-state index in [4.69, 9.17) is 10.5 Å². The standard InChI is InChI=1S/C12H28N2O/c1-6-11(4)12(9-13)14(10(2)3)7-8-15-5/h10-12H,6-9,13H2,1-5H3. The second-order valence-corrected chi connectivity index (χ2v) is 4.51. The van der Waals surface area contributed by atoms with E-state index < -0.39 is 0 Å². The molecule has 0 bridgehead atoms. The van der Waals surface area contributed by atoms with Crippen LogP contribution in [0.1, 0.15) is 34.1 Å². The van der Waals surface area contributed by atoms with Crippen molar-refractivity contribution in [3.8, 4) is 0 Å². The number of nitrogens with two attached hydrogens (primary N) is 1. The van der Waals surface area contributed by atoms with Crippen molar-refractivity contribution >= 4 is 0 Å². The van der Waals surface area contributed by atoms with Gasteiger partial charge in [0, 0.05) is 32.3 Å². The van der Waals surface area contributed by atoms with Crippen LogP contribution in [0.25, 0.3) is 0 Å². The molecule has 0 fully saturated rings. The van der Waals surface area contributed by atoms with Crippen LogP contribution in [0.3, 0.4) is 0 Å². The Morgan fingerprint density at radius 1 is 1.27 bits per heavy atom. The Labute approximate surface area is 95.0 Å². The zero-order valence-corrected chi connectivity index (χ0v) is 11.0. The Hall–Kier alpha value is -0.120. The summed E-state index contributed by atoms with van der Waals surface area (Å²) in [5.41, 5.74) is 5.88. The molecule has 2 N–H and O–H groups in total. The van der Waals surface area contributed by atoms with Gasteiger partial charge in [0.15, 0.2) is 0 Å². The topological polar surface area (TPSA) is 38.5 Å². The smallest absolute Gasteiger partial charge is 0.0589 e. The zero-order chi connectivity index (χ0) is 11.8. The van der Waals surface area contributed by atoms with E-state index in [0.717, 1.165) is 19.7 Å². The third-order valence-corrected chi connectivity index (χ3v) is 3.19. The molecule has 0 aliphatic rings. The highest BCUT2D eigenvalue weighted by Crippen LogP contribution is 2.16. The number of rotatable bonds is 8. The predicted octanol–water partition coefficient (Wildman–Crippen LogP) is 1.72. The first kappa shape index (κ1) is 14.9. The monoisotopic (exact) mass is 216 g/mol. The third kappa shape index (κ3) is 4.96. The maximum atomic E-state index is 5.88. The van der Waals surface area contributed by atoms with Crippen molar-refractivity contribution in [3.63, 3.8) is 0 Å². The van der Waals surface area contributed by atoms with Gasteiger partial charge in [-0.3, -0.25) is 4.90 Å². The molecule has 0 aromatic rings. The average Bonchev–Trinajstić information content (AvgIpc) is 2.22. The van der Waals surface area contributed by atoms with Crippen LogP contribution in [-0.2, 0) is 4.74 Å². The number of hydrogen-bond donors (Lipinski definition) is 1. The van der Waals surface area contributed by atoms with E-state index in [1.54, 1.807) is 7.11 Å². The molecular formula is C12H28N2O. The van der Waals surface area contributed by atoms with Crippen LogP contribution in [0, 0.1) is 5.92 Å². The summed E-state index contributed by atoms with van der Waals surface area (Å²) in [5, 5.41) is 0. The maximum Gasteiger partial charge on any atom is 0.0589 e. The molecule has 3 nitrogen and oxygen atoms in total. The lowest BCUT2D eigenvalue weighted by Gasteiger charge is -2.37. The second-order valence-electron chi connectivity index (χ2n) is 4.51. The highest BCUT2D eigenvalue weighted by atomic mass is 16.5. The molecule has 2 atom stereocenters. The van der Waals surface area contributed by atoms with Crippen LogP contribution in [0.2, 0.25) is 0 Å². The molecule has 0 spiro atoms. The molecule has 0 saturated heterocycles. The quantitative estimate of drug-likeness (QED) is 0.671. The SMILES string of the molecule is CCC(C)C(CN)N(CCOC)C(C)C. The number of ether oxygens (including phenoxy) is 1. The summed E-state index contributed by atoms with van der Waals surface area (Å²) in [4.78, 5) is 2.46. The van der Waals surface area contributed by atoms with E-state index in [0.29, 0.717) is 18.0 Å². The summed E-state index contributed by atoms with van der Waals surface area (Å²) in [5.74, 6) is 0.647. The average molecular weight is 216 g/mol. The first-order valence-electron chi connectivity index (χ1n) is 6.03. The molecule has 92 valence electrons. The summed E-state index contributed by atoms with van der Waals surface area (Å²) >= 11 is 0. The Kier molecular flexibility index (Phi) is 8.02. The third-order valence-electron chi connectivity index (χ3n) is 3.19. The van der Waals surface area contributed by atoms with Crippen molar-refractivity contribution in [2.24, 2.45) is 11.7 Å². The van der Waals surface area contributed by atoms with Crippen molar-refractivity contribution in [1.29, 1.82) is 0 Å². The molecule has 0 amide bonds. The van der Waals surface area contributed by atoms with Crippen LogP contribution in [0.4, 0.5) is 0 Å². The van der Waals surface area contributed by atoms with Gasteiger partial charge in [0.2, 0.25) is 0 Å². The Balaban J connectivity index is 4.40. The van der Waals surface area contributed by atoms with Crippen molar-refractivity contribution in [1.82, 2.24) is 4.90 Å². The summed E-state index contributed by atoms with van der Waals surface area (Å²) < 4.78 is 5.15.